The fourth-order valence-corrected chi connectivity index (χ4v) is 5.51. The summed E-state index contributed by atoms with van der Waals surface area (Å²) < 4.78 is 7.50. The molecule has 0 saturated carbocycles. The summed E-state index contributed by atoms with van der Waals surface area (Å²) in [5, 5.41) is 10.7. The van der Waals surface area contributed by atoms with Crippen LogP contribution in [0.1, 0.15) is 29.7 Å². The number of aryl methyl sites for hydroxylation is 2. The Labute approximate surface area is 142 Å². The molecule has 1 N–H and O–H groups in total. The van der Waals surface area contributed by atoms with Gasteiger partial charge in [-0.2, -0.15) is 0 Å². The number of aliphatic hydroxyl groups is 1. The van der Waals surface area contributed by atoms with Gasteiger partial charge >= 0.3 is 0 Å². The van der Waals surface area contributed by atoms with Crippen molar-refractivity contribution in [2.75, 3.05) is 19.0 Å². The van der Waals surface area contributed by atoms with E-state index in [0.717, 1.165) is 48.9 Å². The zero-order chi connectivity index (χ0) is 15.8. The summed E-state index contributed by atoms with van der Waals surface area (Å²) in [4.78, 5) is 20.1. The van der Waals surface area contributed by atoms with Crippen LogP contribution in [0.2, 0.25) is 0 Å². The molecule has 3 heterocycles. The third-order valence-electron chi connectivity index (χ3n) is 4.52. The number of hydrogen-bond donors (Lipinski definition) is 1. The maximum atomic E-state index is 13.1. The van der Waals surface area contributed by atoms with Gasteiger partial charge in [0.15, 0.2) is 5.16 Å². The topological polar surface area (TPSA) is 64.3 Å². The van der Waals surface area contributed by atoms with E-state index in [0.29, 0.717) is 17.5 Å². The van der Waals surface area contributed by atoms with Gasteiger partial charge in [0.25, 0.3) is 5.56 Å². The highest BCUT2D eigenvalue weighted by Gasteiger charge is 2.25. The van der Waals surface area contributed by atoms with E-state index in [9.17, 15) is 4.79 Å². The molecular formula is C16H20N2O3S2. The molecule has 0 amide bonds. The lowest BCUT2D eigenvalue weighted by Crippen LogP contribution is -2.29. The Hall–Kier alpha value is -0.890. The van der Waals surface area contributed by atoms with Crippen LogP contribution in [0, 0.1) is 0 Å². The maximum absolute atomic E-state index is 13.1. The van der Waals surface area contributed by atoms with Gasteiger partial charge in [-0.25, -0.2) is 4.98 Å². The number of rotatable bonds is 5. The van der Waals surface area contributed by atoms with Crippen molar-refractivity contribution in [3.05, 3.63) is 20.8 Å². The largest absolute Gasteiger partial charge is 0.396 e. The van der Waals surface area contributed by atoms with Crippen LogP contribution < -0.4 is 5.56 Å². The van der Waals surface area contributed by atoms with Crippen LogP contribution in [0.4, 0.5) is 0 Å². The first-order valence-electron chi connectivity index (χ1n) is 8.18. The standard InChI is InChI=1S/C16H20N2O3S2/c19-6-8-22-16-17-14-13(11-4-1-5-12(11)23-14)15(20)18(16)9-10-3-2-7-21-10/h10,19H,1-9H2/t10-/m1/s1. The van der Waals surface area contributed by atoms with Crippen molar-refractivity contribution in [2.45, 2.75) is 49.9 Å². The molecule has 2 aromatic rings. The maximum Gasteiger partial charge on any atom is 0.263 e. The summed E-state index contributed by atoms with van der Waals surface area (Å²) >= 11 is 3.12. The van der Waals surface area contributed by atoms with E-state index >= 15 is 0 Å². The van der Waals surface area contributed by atoms with Crippen molar-refractivity contribution >= 4 is 33.3 Å². The number of thioether (sulfide) groups is 1. The van der Waals surface area contributed by atoms with E-state index in [1.807, 2.05) is 0 Å². The Morgan fingerprint density at radius 1 is 1.39 bits per heavy atom. The second kappa shape index (κ2) is 6.55. The molecule has 2 aromatic heterocycles. The molecule has 5 nitrogen and oxygen atoms in total. The Kier molecular flexibility index (Phi) is 4.45. The average molecular weight is 352 g/mol. The Balaban J connectivity index is 1.81. The molecule has 1 aliphatic carbocycles. The van der Waals surface area contributed by atoms with Gasteiger partial charge in [0.1, 0.15) is 4.83 Å². The number of ether oxygens (including phenoxy) is 1. The third kappa shape index (κ3) is 2.84. The van der Waals surface area contributed by atoms with E-state index < -0.39 is 0 Å². The van der Waals surface area contributed by atoms with Crippen LogP contribution >= 0.6 is 23.1 Å². The molecular weight excluding hydrogens is 332 g/mol. The quantitative estimate of drug-likeness (QED) is 0.660. The molecule has 124 valence electrons. The molecule has 0 radical (unpaired) electrons. The summed E-state index contributed by atoms with van der Waals surface area (Å²) in [7, 11) is 0. The van der Waals surface area contributed by atoms with Crippen LogP contribution in [0.15, 0.2) is 9.95 Å². The molecule has 0 aromatic carbocycles. The Morgan fingerprint density at radius 3 is 3.09 bits per heavy atom. The molecule has 0 bridgehead atoms. The van der Waals surface area contributed by atoms with E-state index in [-0.39, 0.29) is 18.3 Å². The number of aromatic nitrogens is 2. The molecule has 1 aliphatic heterocycles. The van der Waals surface area contributed by atoms with Crippen LogP contribution in [0.3, 0.4) is 0 Å². The van der Waals surface area contributed by atoms with Gasteiger partial charge < -0.3 is 9.84 Å². The van der Waals surface area contributed by atoms with Crippen LogP contribution in [0.5, 0.6) is 0 Å². The van der Waals surface area contributed by atoms with Gasteiger partial charge in [-0.05, 0) is 37.7 Å². The Morgan fingerprint density at radius 2 is 2.30 bits per heavy atom. The molecule has 2 aliphatic rings. The number of fused-ring (bicyclic) bond motifs is 3. The monoisotopic (exact) mass is 352 g/mol. The highest BCUT2D eigenvalue weighted by atomic mass is 32.2. The Bertz CT molecular complexity index is 778. The molecule has 4 rings (SSSR count). The normalized spacial score (nSPS) is 20.5. The number of nitrogens with zero attached hydrogens (tertiary/aromatic N) is 2. The van der Waals surface area contributed by atoms with Gasteiger partial charge in [0.05, 0.1) is 24.6 Å². The molecule has 1 atom stereocenters. The van der Waals surface area contributed by atoms with Crippen molar-refractivity contribution < 1.29 is 9.84 Å². The summed E-state index contributed by atoms with van der Waals surface area (Å²) in [6.45, 7) is 1.43. The predicted molar refractivity (Wildman–Crippen MR) is 92.7 cm³/mol. The van der Waals surface area contributed by atoms with Crippen molar-refractivity contribution in [1.29, 1.82) is 0 Å². The van der Waals surface area contributed by atoms with Crippen LogP contribution in [-0.4, -0.2) is 39.7 Å². The van der Waals surface area contributed by atoms with Gasteiger partial charge in [-0.15, -0.1) is 11.3 Å². The lowest BCUT2D eigenvalue weighted by Gasteiger charge is -2.15. The van der Waals surface area contributed by atoms with Crippen LogP contribution in [-0.2, 0) is 24.1 Å². The molecule has 0 spiro atoms. The van der Waals surface area contributed by atoms with E-state index in [4.69, 9.17) is 14.8 Å². The van der Waals surface area contributed by atoms with Crippen molar-refractivity contribution in [3.8, 4) is 0 Å². The summed E-state index contributed by atoms with van der Waals surface area (Å²) in [6, 6.07) is 0. The average Bonchev–Trinajstić information content (AvgIpc) is 3.24. The van der Waals surface area contributed by atoms with Crippen molar-refractivity contribution in [3.63, 3.8) is 0 Å². The highest BCUT2D eigenvalue weighted by molar-refractivity contribution is 7.99. The molecule has 1 saturated heterocycles. The van der Waals surface area contributed by atoms with Gasteiger partial charge in [0, 0.05) is 17.2 Å². The van der Waals surface area contributed by atoms with E-state index in [2.05, 4.69) is 0 Å². The number of aliphatic hydroxyl groups excluding tert-OH is 1. The van der Waals surface area contributed by atoms with Crippen molar-refractivity contribution in [2.24, 2.45) is 0 Å². The fraction of sp³-hybridized carbons (Fsp3) is 0.625. The minimum Gasteiger partial charge on any atom is -0.396 e. The molecule has 23 heavy (non-hydrogen) atoms. The minimum atomic E-state index is 0.0744. The SMILES string of the molecule is O=c1c2c3c(sc2nc(SCCO)n1C[C@H]1CCCO1)CCC3. The van der Waals surface area contributed by atoms with E-state index in [1.54, 1.807) is 15.9 Å². The van der Waals surface area contributed by atoms with Gasteiger partial charge in [-0.1, -0.05) is 11.8 Å². The van der Waals surface area contributed by atoms with Gasteiger partial charge in [-0.3, -0.25) is 9.36 Å². The first-order valence-corrected chi connectivity index (χ1v) is 9.98. The van der Waals surface area contributed by atoms with Crippen LogP contribution in [0.25, 0.3) is 10.2 Å². The van der Waals surface area contributed by atoms with Gasteiger partial charge in [0.2, 0.25) is 0 Å². The first-order chi connectivity index (χ1) is 11.3. The third-order valence-corrected chi connectivity index (χ3v) is 6.66. The number of hydrogen-bond acceptors (Lipinski definition) is 6. The summed E-state index contributed by atoms with van der Waals surface area (Å²) in [6.07, 6.45) is 5.37. The summed E-state index contributed by atoms with van der Waals surface area (Å²) in [5.74, 6) is 0.550. The lowest BCUT2D eigenvalue weighted by molar-refractivity contribution is 0.0937. The summed E-state index contributed by atoms with van der Waals surface area (Å²) in [5.41, 5.74) is 1.30. The zero-order valence-corrected chi connectivity index (χ0v) is 14.5. The molecule has 1 fully saturated rings. The van der Waals surface area contributed by atoms with Crippen molar-refractivity contribution in [1.82, 2.24) is 9.55 Å². The number of thiophene rings is 1. The predicted octanol–water partition coefficient (Wildman–Crippen LogP) is 2.21. The highest BCUT2D eigenvalue weighted by Crippen LogP contribution is 2.35. The molecule has 7 heteroatoms. The second-order valence-corrected chi connectivity index (χ2v) is 8.20. The smallest absolute Gasteiger partial charge is 0.263 e. The minimum absolute atomic E-state index is 0.0744. The fourth-order valence-electron chi connectivity index (χ4n) is 3.46. The lowest BCUT2D eigenvalue weighted by atomic mass is 10.2. The second-order valence-electron chi connectivity index (χ2n) is 6.05. The van der Waals surface area contributed by atoms with E-state index in [1.165, 1.54) is 22.2 Å². The molecule has 0 unspecified atom stereocenters. The first kappa shape index (κ1) is 15.6. The zero-order valence-electron chi connectivity index (χ0n) is 12.9.